The van der Waals surface area contributed by atoms with Gasteiger partial charge < -0.3 is 10.5 Å². The van der Waals surface area contributed by atoms with Crippen LogP contribution in [-0.4, -0.2) is 39.0 Å². The summed E-state index contributed by atoms with van der Waals surface area (Å²) in [6.45, 7) is 1.76. The third kappa shape index (κ3) is 3.38. The number of methoxy groups -OCH3 is 1. The number of thioether (sulfide) groups is 1. The predicted octanol–water partition coefficient (Wildman–Crippen LogP) is 1.15. The second kappa shape index (κ2) is 5.93. The fraction of sp³-hybridized carbons (Fsp3) is 0.300. The van der Waals surface area contributed by atoms with Crippen LogP contribution in [0.25, 0.3) is 10.6 Å². The Kier molecular flexibility index (Phi) is 4.27. The smallest absolute Gasteiger partial charge is 0.316 e. The molecular weight excluding hydrogens is 286 g/mol. The lowest BCUT2D eigenvalue weighted by Gasteiger charge is -2.00. The number of ether oxygens (including phenoxy) is 1. The van der Waals surface area contributed by atoms with Gasteiger partial charge in [0.2, 0.25) is 0 Å². The molecule has 2 N–H and O–H groups in total. The lowest BCUT2D eigenvalue weighted by atomic mass is 10.3. The molecule has 0 aliphatic carbocycles. The van der Waals surface area contributed by atoms with Gasteiger partial charge in [0.1, 0.15) is 11.6 Å². The Morgan fingerprint density at radius 2 is 2.32 bits per heavy atom. The van der Waals surface area contributed by atoms with Crippen LogP contribution in [0.15, 0.2) is 10.5 Å². The molecule has 2 aromatic heterocycles. The van der Waals surface area contributed by atoms with Crippen LogP contribution in [0.3, 0.4) is 0 Å². The van der Waals surface area contributed by atoms with Gasteiger partial charge >= 0.3 is 5.97 Å². The van der Waals surface area contributed by atoms with Crippen LogP contribution in [0.4, 0.5) is 5.82 Å². The molecule has 0 bridgehead atoms. The first kappa shape index (κ1) is 13.7. The molecule has 0 aliphatic heterocycles. The monoisotopic (exact) mass is 297 g/mol. The number of aromatic nitrogens is 4. The Balaban J connectivity index is 2.14. The fourth-order valence-corrected chi connectivity index (χ4v) is 2.91. The number of nitrogens with zero attached hydrogens (tertiary/aromatic N) is 4. The zero-order valence-corrected chi connectivity index (χ0v) is 11.9. The van der Waals surface area contributed by atoms with E-state index in [1.807, 2.05) is 0 Å². The molecule has 0 radical (unpaired) electrons. The van der Waals surface area contributed by atoms with E-state index in [-0.39, 0.29) is 11.7 Å². The average molecular weight is 297 g/mol. The van der Waals surface area contributed by atoms with Crippen molar-refractivity contribution >= 4 is 34.9 Å². The Labute approximate surface area is 117 Å². The van der Waals surface area contributed by atoms with Crippen molar-refractivity contribution in [2.45, 2.75) is 11.3 Å². The third-order valence-electron chi connectivity index (χ3n) is 2.12. The molecule has 100 valence electrons. The van der Waals surface area contributed by atoms with Crippen LogP contribution in [0.2, 0.25) is 0 Å². The number of aryl methyl sites for hydroxylation is 1. The van der Waals surface area contributed by atoms with Crippen molar-refractivity contribution in [3.05, 3.63) is 12.0 Å². The zero-order valence-electron chi connectivity index (χ0n) is 10.3. The van der Waals surface area contributed by atoms with E-state index in [1.54, 1.807) is 13.1 Å². The number of hydrogen-bond donors (Lipinski definition) is 1. The molecule has 0 aliphatic rings. The van der Waals surface area contributed by atoms with Crippen LogP contribution in [-0.2, 0) is 9.53 Å². The van der Waals surface area contributed by atoms with Gasteiger partial charge in [0.25, 0.3) is 0 Å². The van der Waals surface area contributed by atoms with E-state index in [4.69, 9.17) is 5.73 Å². The summed E-state index contributed by atoms with van der Waals surface area (Å²) in [5.74, 6) is 0.865. The number of nitrogens with two attached hydrogens (primary N) is 1. The van der Waals surface area contributed by atoms with Gasteiger partial charge in [-0.3, -0.25) is 4.79 Å². The molecule has 0 spiro atoms. The molecule has 0 fully saturated rings. The molecule has 0 saturated carbocycles. The normalized spacial score (nSPS) is 10.4. The van der Waals surface area contributed by atoms with Gasteiger partial charge in [-0.15, -0.1) is 10.2 Å². The number of carbonyl (C=O) groups excluding carboxylic acids is 1. The molecule has 7 nitrogen and oxygen atoms in total. The Morgan fingerprint density at radius 1 is 1.53 bits per heavy atom. The Hall–Kier alpha value is -1.74. The summed E-state index contributed by atoms with van der Waals surface area (Å²) < 4.78 is 5.22. The van der Waals surface area contributed by atoms with Gasteiger partial charge in [-0.25, -0.2) is 9.97 Å². The lowest BCUT2D eigenvalue weighted by molar-refractivity contribution is -0.137. The van der Waals surface area contributed by atoms with Crippen LogP contribution < -0.4 is 5.73 Å². The molecule has 2 rings (SSSR count). The highest BCUT2D eigenvalue weighted by Gasteiger charge is 2.13. The van der Waals surface area contributed by atoms with E-state index in [1.165, 1.54) is 30.2 Å². The van der Waals surface area contributed by atoms with E-state index in [0.29, 0.717) is 26.6 Å². The van der Waals surface area contributed by atoms with E-state index < -0.39 is 0 Å². The van der Waals surface area contributed by atoms with Crippen molar-refractivity contribution in [3.63, 3.8) is 0 Å². The second-order valence-corrected chi connectivity index (χ2v) is 5.65. The number of nitrogen functional groups attached to an aromatic ring is 1. The topological polar surface area (TPSA) is 104 Å². The maximum atomic E-state index is 11.0. The van der Waals surface area contributed by atoms with Gasteiger partial charge in [-0.05, 0) is 6.92 Å². The van der Waals surface area contributed by atoms with Crippen molar-refractivity contribution in [3.8, 4) is 10.6 Å². The molecule has 19 heavy (non-hydrogen) atoms. The van der Waals surface area contributed by atoms with Crippen molar-refractivity contribution < 1.29 is 9.53 Å². The summed E-state index contributed by atoms with van der Waals surface area (Å²) in [4.78, 5) is 19.2. The molecular formula is C10H11N5O2S2. The number of rotatable bonds is 4. The minimum atomic E-state index is -0.306. The summed E-state index contributed by atoms with van der Waals surface area (Å²) >= 11 is 2.60. The standard InChI is InChI=1S/C10H11N5O2S2/c1-5-12-3-6(8(11)13-5)9-14-15-10(19-9)18-4-7(16)17-2/h3H,4H2,1-2H3,(H2,11,12,13). The fourth-order valence-electron chi connectivity index (χ4n) is 1.21. The molecule has 0 saturated heterocycles. The second-order valence-electron chi connectivity index (χ2n) is 3.45. The first-order chi connectivity index (χ1) is 9.10. The van der Waals surface area contributed by atoms with Crippen LogP contribution >= 0.6 is 23.1 Å². The van der Waals surface area contributed by atoms with Gasteiger partial charge in [0.05, 0.1) is 18.4 Å². The van der Waals surface area contributed by atoms with Gasteiger partial charge in [-0.1, -0.05) is 23.1 Å². The van der Waals surface area contributed by atoms with Gasteiger partial charge in [-0.2, -0.15) is 0 Å². The average Bonchev–Trinajstić information content (AvgIpc) is 2.84. The van der Waals surface area contributed by atoms with Crippen molar-refractivity contribution in [2.75, 3.05) is 18.6 Å². The number of esters is 1. The first-order valence-corrected chi connectivity index (χ1v) is 7.03. The predicted molar refractivity (Wildman–Crippen MR) is 72.8 cm³/mol. The number of hydrogen-bond acceptors (Lipinski definition) is 9. The number of anilines is 1. The maximum absolute atomic E-state index is 11.0. The zero-order chi connectivity index (χ0) is 13.8. The summed E-state index contributed by atoms with van der Waals surface area (Å²) in [5.41, 5.74) is 6.46. The largest absolute Gasteiger partial charge is 0.468 e. The Bertz CT molecular complexity index is 601. The van der Waals surface area contributed by atoms with Crippen LogP contribution in [0.5, 0.6) is 0 Å². The summed E-state index contributed by atoms with van der Waals surface area (Å²) in [6, 6.07) is 0. The molecule has 9 heteroatoms. The van der Waals surface area contributed by atoms with Gasteiger partial charge in [0, 0.05) is 6.20 Å². The summed E-state index contributed by atoms with van der Waals surface area (Å²) in [5, 5.41) is 8.62. The third-order valence-corrected chi connectivity index (χ3v) is 4.18. The first-order valence-electron chi connectivity index (χ1n) is 5.22. The molecule has 2 aromatic rings. The molecule has 0 unspecified atom stereocenters. The summed E-state index contributed by atoms with van der Waals surface area (Å²) in [6.07, 6.45) is 1.62. The molecule has 0 atom stereocenters. The summed E-state index contributed by atoms with van der Waals surface area (Å²) in [7, 11) is 1.35. The number of carbonyl (C=O) groups is 1. The highest BCUT2D eigenvalue weighted by Crippen LogP contribution is 2.31. The molecule has 2 heterocycles. The maximum Gasteiger partial charge on any atom is 0.316 e. The SMILES string of the molecule is COC(=O)CSc1nnc(-c2cnc(C)nc2N)s1. The van der Waals surface area contributed by atoms with E-state index in [2.05, 4.69) is 24.9 Å². The lowest BCUT2D eigenvalue weighted by Crippen LogP contribution is -2.02. The minimum absolute atomic E-state index is 0.199. The van der Waals surface area contributed by atoms with E-state index in [0.717, 1.165) is 0 Å². The molecule has 0 aromatic carbocycles. The minimum Gasteiger partial charge on any atom is -0.468 e. The highest BCUT2D eigenvalue weighted by atomic mass is 32.2. The van der Waals surface area contributed by atoms with Crippen molar-refractivity contribution in [2.24, 2.45) is 0 Å². The molecule has 0 amide bonds. The van der Waals surface area contributed by atoms with Crippen molar-refractivity contribution in [1.82, 2.24) is 20.2 Å². The van der Waals surface area contributed by atoms with Crippen LogP contribution in [0, 0.1) is 6.92 Å². The van der Waals surface area contributed by atoms with E-state index >= 15 is 0 Å². The van der Waals surface area contributed by atoms with Crippen LogP contribution in [0.1, 0.15) is 5.82 Å². The quantitative estimate of drug-likeness (QED) is 0.662. The van der Waals surface area contributed by atoms with Crippen molar-refractivity contribution in [1.29, 1.82) is 0 Å². The highest BCUT2D eigenvalue weighted by molar-refractivity contribution is 8.01. The Morgan fingerprint density at radius 3 is 3.00 bits per heavy atom. The van der Waals surface area contributed by atoms with E-state index in [9.17, 15) is 4.79 Å². The van der Waals surface area contributed by atoms with Gasteiger partial charge in [0.15, 0.2) is 9.35 Å².